The van der Waals surface area contributed by atoms with Crippen molar-refractivity contribution in [2.45, 2.75) is 142 Å². The normalized spacial score (nSPS) is 13.7. The molecule has 0 spiro atoms. The van der Waals surface area contributed by atoms with Gasteiger partial charge in [-0.1, -0.05) is 119 Å². The number of rotatable bonds is 15. The molecule has 1 unspecified atom stereocenters. The zero-order valence-electron chi connectivity index (χ0n) is 85.0. The van der Waals surface area contributed by atoms with Crippen molar-refractivity contribution in [1.29, 1.82) is 0 Å². The summed E-state index contributed by atoms with van der Waals surface area (Å²) in [4.78, 5) is 21.8. The minimum absolute atomic E-state index is 0.0983. The van der Waals surface area contributed by atoms with Crippen LogP contribution in [-0.4, -0.2) is 24.9 Å². The maximum Gasteiger partial charge on any atom is 0.228 e. The molecule has 0 saturated carbocycles. The van der Waals surface area contributed by atoms with Crippen molar-refractivity contribution in [3.05, 3.63) is 300 Å². The molecular formula is C111H117N10O5+5. The van der Waals surface area contributed by atoms with Crippen molar-refractivity contribution in [3.63, 3.8) is 0 Å². The molecule has 0 aliphatic carbocycles. The van der Waals surface area contributed by atoms with Crippen LogP contribution >= 0.6 is 0 Å². The smallest absolute Gasteiger partial charge is 0.228 e. The van der Waals surface area contributed by atoms with E-state index in [0.717, 1.165) is 183 Å². The monoisotopic (exact) mass is 1680 g/mol. The predicted octanol–water partition coefficient (Wildman–Crippen LogP) is 25.5. The molecule has 126 heavy (non-hydrogen) atoms. The SMILES string of the molecule is [2H]C(C)(c1ccc(-c2c(C)ccc3oc4cccnc4c23)[n+](C)c1)C(C)C.[2H]C([2H])(c1ccc(-c2c(C)ccc3oc4ccncc4c23)[n+](C)c1)C(C)C.[2H]C([2H])(c1ccc(-c2c(C)ccc3oc4cnccc4c23)[n+](C)c1)C(C)C.[2H]C([2H])(c1ccc(-c2c(C)ccc3oc4ncccc4c23)[n+](C)c1)C(C)C.[2H]C([2H])(c1ccc(-c2c(C)cnc3oc4ccccc4c23)[n+](C)c1)C(C)C. The number of para-hydroxylation sites is 1. The molecule has 0 aliphatic rings. The van der Waals surface area contributed by atoms with E-state index < -0.39 is 31.4 Å². The third-order valence-corrected chi connectivity index (χ3v) is 23.2. The first-order valence-corrected chi connectivity index (χ1v) is 43.4. The molecule has 20 rings (SSSR count). The Balaban J connectivity index is 0.000000123. The van der Waals surface area contributed by atoms with Gasteiger partial charge in [0.1, 0.15) is 74.3 Å². The van der Waals surface area contributed by atoms with Crippen molar-refractivity contribution in [3.8, 4) is 56.3 Å². The number of nitrogens with zero attached hydrogens (tertiary/aromatic N) is 10. The van der Waals surface area contributed by atoms with Gasteiger partial charge in [-0.15, -0.1) is 0 Å². The third kappa shape index (κ3) is 17.5. The quantitative estimate of drug-likeness (QED) is 0.0908. The molecule has 15 aromatic heterocycles. The maximum atomic E-state index is 8.71. The number of benzene rings is 5. The fourth-order valence-electron chi connectivity index (χ4n) is 17.2. The van der Waals surface area contributed by atoms with E-state index in [9.17, 15) is 0 Å². The van der Waals surface area contributed by atoms with Gasteiger partial charge in [0.2, 0.25) is 39.9 Å². The van der Waals surface area contributed by atoms with Crippen LogP contribution < -0.4 is 22.8 Å². The van der Waals surface area contributed by atoms with Crippen LogP contribution in [0.5, 0.6) is 0 Å². The lowest BCUT2D eigenvalue weighted by atomic mass is 9.90. The van der Waals surface area contributed by atoms with Gasteiger partial charge in [0.05, 0.1) is 44.8 Å². The first-order chi connectivity index (χ1) is 64.0. The van der Waals surface area contributed by atoms with Crippen LogP contribution in [0.25, 0.3) is 166 Å². The zero-order chi connectivity index (χ0) is 96.7. The summed E-state index contributed by atoms with van der Waals surface area (Å²) >= 11 is 0. The van der Waals surface area contributed by atoms with Crippen LogP contribution in [-0.2, 0) is 60.7 Å². The molecule has 1 atom stereocenters. The summed E-state index contributed by atoms with van der Waals surface area (Å²) < 4.78 is 116. The van der Waals surface area contributed by atoms with Crippen LogP contribution in [0.3, 0.4) is 0 Å². The molecule has 0 fully saturated rings. The van der Waals surface area contributed by atoms with Crippen molar-refractivity contribution in [2.75, 3.05) is 0 Å². The van der Waals surface area contributed by atoms with E-state index in [0.29, 0.717) is 33.7 Å². The third-order valence-electron chi connectivity index (χ3n) is 23.2. The van der Waals surface area contributed by atoms with E-state index in [1.165, 1.54) is 5.56 Å². The summed E-state index contributed by atoms with van der Waals surface area (Å²) in [6, 6.07) is 55.7. The fourth-order valence-corrected chi connectivity index (χ4v) is 17.2. The summed E-state index contributed by atoms with van der Waals surface area (Å²) in [6.45, 7) is 31.8. The van der Waals surface area contributed by atoms with E-state index in [4.69, 9.17) is 34.4 Å². The average molecular weight is 1680 g/mol. The number of hydrogen-bond donors (Lipinski definition) is 0. The highest BCUT2D eigenvalue weighted by Gasteiger charge is 2.29. The first kappa shape index (κ1) is 75.2. The number of furan rings is 5. The van der Waals surface area contributed by atoms with Crippen molar-refractivity contribution >= 4 is 110 Å². The molecule has 5 aromatic carbocycles. The standard InChI is InChI=1S/C23H25N2O.4C22H23N2O/c1-14(2)16(4)17-9-10-18(25(5)13-17)21-15(3)8-11-19-22(21)23-20(26-19)7-6-12-24-23;1-14(2)11-16-6-7-18(24(4)13-16)21-15(3)5-8-20-22(21)17-12-23-10-9-19(17)25-20;1-14(2)11-16-6-7-18(24(4)13-16)21-15(3)5-8-19-22(21)17-9-10-23-12-20(17)25-19;1-14(2)12-16-8-9-18(24(4)13-16)20-15(3)7-10-19-21(20)17-6-5-11-23-22(17)25-19;1-14(2)11-16-9-10-18(24(4)13-16)20-15(3)12-23-22-21(20)17-7-5-6-8-19(17)25-22/h6-14,16H,1-5H3;2*5-10,12-14H,11H2,1-4H3;5-11,13-14H,12H2,1-4H3;5-10,12-14H,11H2,1-4H3/q5*+1/i16D;2*11D2;12D2;11D2. The number of hydrogen-bond acceptors (Lipinski definition) is 10. The summed E-state index contributed by atoms with van der Waals surface area (Å²) in [5.41, 5.74) is 28.8. The van der Waals surface area contributed by atoms with Gasteiger partial charge in [0.15, 0.2) is 42.2 Å². The molecule has 0 amide bonds. The Morgan fingerprint density at radius 1 is 0.294 bits per heavy atom. The Bertz CT molecular complexity index is 6880. The Kier molecular flexibility index (Phi) is 21.7. The van der Waals surface area contributed by atoms with Crippen molar-refractivity contribution < 1.29 is 57.3 Å². The highest BCUT2D eigenvalue weighted by atomic mass is 16.4. The highest BCUT2D eigenvalue weighted by molar-refractivity contribution is 6.16. The molecule has 0 aliphatic heterocycles. The zero-order valence-corrected chi connectivity index (χ0v) is 76.0. The molecule has 636 valence electrons. The van der Waals surface area contributed by atoms with Crippen LogP contribution in [0.15, 0.2) is 266 Å². The number of aromatic nitrogens is 10. The molecule has 20 aromatic rings. The Morgan fingerprint density at radius 3 is 1.18 bits per heavy atom. The van der Waals surface area contributed by atoms with Gasteiger partial charge in [-0.3, -0.25) is 15.0 Å². The van der Waals surface area contributed by atoms with Gasteiger partial charge >= 0.3 is 0 Å². The van der Waals surface area contributed by atoms with E-state index in [2.05, 4.69) is 120 Å². The van der Waals surface area contributed by atoms with Gasteiger partial charge in [-0.25, -0.2) is 32.8 Å². The second-order valence-corrected chi connectivity index (χ2v) is 34.6. The number of pyridine rings is 10. The predicted molar refractivity (Wildman–Crippen MR) is 512 cm³/mol. The molecule has 0 N–H and O–H groups in total. The van der Waals surface area contributed by atoms with E-state index >= 15 is 0 Å². The maximum absolute atomic E-state index is 8.71. The molecule has 15 heteroatoms. The van der Waals surface area contributed by atoms with Gasteiger partial charge in [-0.2, -0.15) is 0 Å². The number of fused-ring (bicyclic) bond motifs is 15. The van der Waals surface area contributed by atoms with Crippen LogP contribution in [0.2, 0.25) is 0 Å². The summed E-state index contributed by atoms with van der Waals surface area (Å²) in [7, 11) is 9.91. The average Bonchev–Trinajstić information content (AvgIpc) is 1.65. The molecule has 15 nitrogen and oxygen atoms in total. The second kappa shape index (κ2) is 36.4. The Hall–Kier alpha value is -13.4. The summed E-state index contributed by atoms with van der Waals surface area (Å²) in [5.74, 6) is -0.791. The topological polar surface area (TPSA) is 150 Å². The van der Waals surface area contributed by atoms with Gasteiger partial charge in [0.25, 0.3) is 0 Å². The molecular weight excluding hydrogens is 1550 g/mol. The van der Waals surface area contributed by atoms with E-state index in [-0.39, 0.29) is 29.6 Å². The fraction of sp³-hybridized carbons (Fsp3) is 0.279. The minimum atomic E-state index is -1.37. The van der Waals surface area contributed by atoms with E-state index in [1.807, 2.05) is 287 Å². The lowest BCUT2D eigenvalue weighted by Gasteiger charge is -2.15. The lowest BCUT2D eigenvalue weighted by molar-refractivity contribution is -0.661. The molecule has 0 saturated heterocycles. The minimum Gasteiger partial charge on any atom is -0.456 e. The largest absolute Gasteiger partial charge is 0.456 e. The second-order valence-electron chi connectivity index (χ2n) is 34.6. The van der Waals surface area contributed by atoms with Crippen molar-refractivity contribution in [1.82, 2.24) is 24.9 Å². The lowest BCUT2D eigenvalue weighted by Crippen LogP contribution is -2.32. The van der Waals surface area contributed by atoms with Gasteiger partial charge in [-0.05, 0) is 220 Å². The van der Waals surface area contributed by atoms with Gasteiger partial charge in [0, 0.05) is 145 Å². The molecule has 15 heterocycles. The highest BCUT2D eigenvalue weighted by Crippen LogP contribution is 2.43. The first-order valence-electron chi connectivity index (χ1n) is 47.9. The Labute approximate surface area is 751 Å². The van der Waals surface area contributed by atoms with E-state index in [1.54, 1.807) is 31.0 Å². The number of aryl methyl sites for hydroxylation is 10. The molecule has 0 bridgehead atoms. The van der Waals surface area contributed by atoms with Gasteiger partial charge < -0.3 is 22.1 Å². The van der Waals surface area contributed by atoms with Crippen LogP contribution in [0.4, 0.5) is 0 Å². The van der Waals surface area contributed by atoms with Crippen LogP contribution in [0.1, 0.15) is 150 Å². The Morgan fingerprint density at radius 2 is 0.675 bits per heavy atom. The van der Waals surface area contributed by atoms with Crippen LogP contribution in [0, 0.1) is 64.2 Å². The summed E-state index contributed by atoms with van der Waals surface area (Å²) in [6.07, 6.45) is 16.7. The van der Waals surface area contributed by atoms with Crippen molar-refractivity contribution in [2.24, 2.45) is 64.8 Å². The summed E-state index contributed by atoms with van der Waals surface area (Å²) in [5, 5.41) is 9.29. The molecule has 0 radical (unpaired) electrons.